The number of aryl methyl sites for hydroxylation is 2. The highest BCUT2D eigenvalue weighted by atomic mass is 32.1. The van der Waals surface area contributed by atoms with E-state index in [1.54, 1.807) is 25.1 Å². The fourth-order valence-electron chi connectivity index (χ4n) is 2.80. The zero-order chi connectivity index (χ0) is 18.5. The van der Waals surface area contributed by atoms with Crippen LogP contribution >= 0.6 is 11.3 Å². The van der Waals surface area contributed by atoms with Crippen molar-refractivity contribution in [1.29, 1.82) is 0 Å². The molecule has 7 nitrogen and oxygen atoms in total. The maximum Gasteiger partial charge on any atom is 0.360 e. The lowest BCUT2D eigenvalue weighted by atomic mass is 10.1. The minimum atomic E-state index is -0.463. The van der Waals surface area contributed by atoms with Crippen molar-refractivity contribution in [3.05, 3.63) is 46.0 Å². The molecule has 2 amide bonds. The van der Waals surface area contributed by atoms with E-state index in [1.807, 2.05) is 17.9 Å². The van der Waals surface area contributed by atoms with Crippen LogP contribution < -0.4 is 4.91 Å². The molecule has 0 unspecified atom stereocenters. The Morgan fingerprint density at radius 1 is 1.19 bits per heavy atom. The number of thiazole rings is 1. The molecule has 3 rings (SSSR count). The van der Waals surface area contributed by atoms with Gasteiger partial charge in [0.15, 0.2) is 5.11 Å². The SMILES string of the molecule is Cc1cccc(C(=O)N=[N+]=Nc2nc(C)c(C(=O)N3CCCCC3)s2)c1. The van der Waals surface area contributed by atoms with E-state index in [0.717, 1.165) is 31.5 Å². The van der Waals surface area contributed by atoms with Crippen LogP contribution in [0, 0.1) is 13.8 Å². The van der Waals surface area contributed by atoms with Gasteiger partial charge in [-0.15, -0.1) is 0 Å². The summed E-state index contributed by atoms with van der Waals surface area (Å²) in [4.78, 5) is 34.8. The molecule has 0 atom stereocenters. The minimum absolute atomic E-state index is 0.00562. The molecule has 26 heavy (non-hydrogen) atoms. The molecule has 1 aromatic carbocycles. The number of hydrogen-bond donors (Lipinski definition) is 0. The average Bonchev–Trinajstić information content (AvgIpc) is 3.02. The molecular weight excluding hydrogens is 350 g/mol. The van der Waals surface area contributed by atoms with Crippen molar-refractivity contribution in [2.24, 2.45) is 10.2 Å². The molecule has 1 aliphatic heterocycles. The maximum absolute atomic E-state index is 12.6. The Bertz CT molecular complexity index is 893. The van der Waals surface area contributed by atoms with Crippen LogP contribution in [0.15, 0.2) is 34.5 Å². The number of aromatic nitrogens is 1. The second-order valence-electron chi connectivity index (χ2n) is 6.23. The average molecular weight is 370 g/mol. The van der Waals surface area contributed by atoms with Gasteiger partial charge in [0.25, 0.3) is 11.0 Å². The molecule has 0 bridgehead atoms. The number of carbonyl (C=O) groups is 2. The van der Waals surface area contributed by atoms with Gasteiger partial charge in [0, 0.05) is 18.7 Å². The number of rotatable bonds is 3. The first-order valence-corrected chi connectivity index (χ1v) is 9.35. The van der Waals surface area contributed by atoms with Gasteiger partial charge in [0.05, 0.1) is 5.69 Å². The van der Waals surface area contributed by atoms with E-state index in [-0.39, 0.29) is 5.91 Å². The summed E-state index contributed by atoms with van der Waals surface area (Å²) < 4.78 is 0. The maximum atomic E-state index is 12.6. The van der Waals surface area contributed by atoms with E-state index in [4.69, 9.17) is 0 Å². The molecule has 134 valence electrons. The van der Waals surface area contributed by atoms with Crippen LogP contribution in [-0.4, -0.2) is 34.8 Å². The van der Waals surface area contributed by atoms with Crippen LogP contribution in [0.3, 0.4) is 0 Å². The standard InChI is InChI=1S/C18H20N5O2S/c1-12-7-6-8-14(11-12)16(24)20-22-21-18-19-13(2)15(26-18)17(25)23-9-4-3-5-10-23/h6-8,11H,3-5,9-10H2,1-2H3/q+1. The smallest absolute Gasteiger partial charge is 0.338 e. The molecule has 2 aromatic rings. The van der Waals surface area contributed by atoms with E-state index in [0.29, 0.717) is 21.3 Å². The van der Waals surface area contributed by atoms with Crippen molar-refractivity contribution < 1.29 is 9.59 Å². The Hall–Kier alpha value is -2.70. The van der Waals surface area contributed by atoms with Crippen molar-refractivity contribution in [1.82, 2.24) is 14.8 Å². The predicted octanol–water partition coefficient (Wildman–Crippen LogP) is 3.83. The van der Waals surface area contributed by atoms with Gasteiger partial charge in [-0.1, -0.05) is 29.0 Å². The van der Waals surface area contributed by atoms with Gasteiger partial charge in [-0.05, 0) is 45.2 Å². The van der Waals surface area contributed by atoms with Crippen molar-refractivity contribution in [2.45, 2.75) is 33.1 Å². The first-order valence-electron chi connectivity index (χ1n) is 8.54. The number of likely N-dealkylation sites (tertiary alicyclic amines) is 1. The normalized spacial score (nSPS) is 13.8. The number of nitrogens with zero attached hydrogens (tertiary/aromatic N) is 5. The molecule has 1 fully saturated rings. The van der Waals surface area contributed by atoms with E-state index in [9.17, 15) is 9.59 Å². The number of amides is 2. The van der Waals surface area contributed by atoms with Crippen LogP contribution in [0.5, 0.6) is 0 Å². The number of carbonyl (C=O) groups excluding carboxylic acids is 2. The third kappa shape index (κ3) is 4.28. The zero-order valence-corrected chi connectivity index (χ0v) is 15.6. The number of hydrogen-bond acceptors (Lipinski definition) is 5. The molecule has 1 saturated heterocycles. The lowest BCUT2D eigenvalue weighted by Gasteiger charge is -2.26. The zero-order valence-electron chi connectivity index (χ0n) is 14.8. The predicted molar refractivity (Wildman–Crippen MR) is 98.8 cm³/mol. The van der Waals surface area contributed by atoms with Crippen LogP contribution in [0.25, 0.3) is 0 Å². The summed E-state index contributed by atoms with van der Waals surface area (Å²) >= 11 is 1.18. The fourth-order valence-corrected chi connectivity index (χ4v) is 3.65. The van der Waals surface area contributed by atoms with Crippen molar-refractivity contribution >= 4 is 28.3 Å². The van der Waals surface area contributed by atoms with Gasteiger partial charge in [-0.25, -0.2) is 4.98 Å². The van der Waals surface area contributed by atoms with E-state index in [1.165, 1.54) is 17.8 Å². The lowest BCUT2D eigenvalue weighted by molar-refractivity contribution is 0.0728. The molecule has 1 aliphatic rings. The summed E-state index contributed by atoms with van der Waals surface area (Å²) in [6.45, 7) is 5.25. The second-order valence-corrected chi connectivity index (χ2v) is 7.21. The Morgan fingerprint density at radius 2 is 1.96 bits per heavy atom. The summed E-state index contributed by atoms with van der Waals surface area (Å²) in [6.07, 6.45) is 3.24. The highest BCUT2D eigenvalue weighted by molar-refractivity contribution is 7.17. The first-order chi connectivity index (χ1) is 12.5. The monoisotopic (exact) mass is 370 g/mol. The van der Waals surface area contributed by atoms with Crippen molar-refractivity contribution in [3.63, 3.8) is 0 Å². The Morgan fingerprint density at radius 3 is 2.69 bits per heavy atom. The van der Waals surface area contributed by atoms with Crippen LogP contribution in [-0.2, 0) is 0 Å². The van der Waals surface area contributed by atoms with Crippen molar-refractivity contribution in [3.8, 4) is 0 Å². The quantitative estimate of drug-likeness (QED) is 0.607. The first kappa shape index (κ1) is 18.1. The molecule has 0 spiro atoms. The van der Waals surface area contributed by atoms with Gasteiger partial charge in [-0.2, -0.15) is 0 Å². The third-order valence-corrected chi connectivity index (χ3v) is 5.18. The molecule has 0 aliphatic carbocycles. The van der Waals surface area contributed by atoms with Crippen LogP contribution in [0.2, 0.25) is 0 Å². The minimum Gasteiger partial charge on any atom is -0.338 e. The van der Waals surface area contributed by atoms with Gasteiger partial charge in [-0.3, -0.25) is 9.59 Å². The number of piperidine rings is 1. The lowest BCUT2D eigenvalue weighted by Crippen LogP contribution is -2.35. The Kier molecular flexibility index (Phi) is 5.65. The Balaban J connectivity index is 1.73. The molecule has 0 N–H and O–H groups in total. The van der Waals surface area contributed by atoms with E-state index < -0.39 is 5.91 Å². The topological polar surface area (TPSA) is 89.1 Å². The summed E-state index contributed by atoms with van der Waals surface area (Å²) in [5, 5.41) is 7.80. The fraction of sp³-hybridized carbons (Fsp3) is 0.389. The molecule has 0 saturated carbocycles. The summed E-state index contributed by atoms with van der Waals surface area (Å²) in [5.41, 5.74) is 2.06. The highest BCUT2D eigenvalue weighted by Gasteiger charge is 2.23. The molecule has 2 heterocycles. The van der Waals surface area contributed by atoms with E-state index >= 15 is 0 Å². The largest absolute Gasteiger partial charge is 0.360 e. The Labute approximate surface area is 155 Å². The highest BCUT2D eigenvalue weighted by Crippen LogP contribution is 2.26. The van der Waals surface area contributed by atoms with Gasteiger partial charge >= 0.3 is 5.91 Å². The summed E-state index contributed by atoms with van der Waals surface area (Å²) in [5.74, 6) is -0.468. The second kappa shape index (κ2) is 8.12. The summed E-state index contributed by atoms with van der Waals surface area (Å²) in [6, 6.07) is 7.11. The molecular formula is C18H20N5O2S+. The summed E-state index contributed by atoms with van der Waals surface area (Å²) in [7, 11) is 0. The van der Waals surface area contributed by atoms with Crippen LogP contribution in [0.4, 0.5) is 5.13 Å². The number of benzene rings is 1. The van der Waals surface area contributed by atoms with E-state index in [2.05, 4.69) is 20.1 Å². The van der Waals surface area contributed by atoms with Crippen LogP contribution in [0.1, 0.15) is 50.5 Å². The van der Waals surface area contributed by atoms with Gasteiger partial charge in [0.2, 0.25) is 10.0 Å². The van der Waals surface area contributed by atoms with Gasteiger partial charge in [0.1, 0.15) is 4.88 Å². The third-order valence-electron chi connectivity index (χ3n) is 4.15. The van der Waals surface area contributed by atoms with Crippen molar-refractivity contribution in [2.75, 3.05) is 13.1 Å². The molecule has 8 heteroatoms. The molecule has 1 aromatic heterocycles. The molecule has 0 radical (unpaired) electrons. The van der Waals surface area contributed by atoms with Gasteiger partial charge < -0.3 is 4.90 Å².